The molecule has 0 saturated heterocycles. The Morgan fingerprint density at radius 1 is 1.20 bits per heavy atom. The number of rotatable bonds is 6. The van der Waals surface area contributed by atoms with E-state index in [0.29, 0.717) is 18.9 Å². The number of nitrogens with zero attached hydrogens (tertiary/aromatic N) is 2. The minimum atomic E-state index is -0.412. The SMILES string of the molecule is CCOC(=O)/C(Cn1cccc1)=N\Nc1ccccc1. The van der Waals surface area contributed by atoms with E-state index in [1.54, 1.807) is 6.92 Å². The zero-order chi connectivity index (χ0) is 14.2. The molecule has 1 aromatic heterocycles. The Morgan fingerprint density at radius 3 is 2.55 bits per heavy atom. The van der Waals surface area contributed by atoms with Crippen molar-refractivity contribution >= 4 is 17.4 Å². The summed E-state index contributed by atoms with van der Waals surface area (Å²) in [6.07, 6.45) is 3.74. The summed E-state index contributed by atoms with van der Waals surface area (Å²) in [5.74, 6) is -0.412. The highest BCUT2D eigenvalue weighted by molar-refractivity contribution is 6.36. The molecule has 0 fully saturated rings. The van der Waals surface area contributed by atoms with Crippen LogP contribution in [0.3, 0.4) is 0 Å². The van der Waals surface area contributed by atoms with Gasteiger partial charge >= 0.3 is 5.97 Å². The number of hydrogen-bond acceptors (Lipinski definition) is 4. The lowest BCUT2D eigenvalue weighted by molar-refractivity contribution is -0.135. The molecule has 0 aliphatic carbocycles. The van der Waals surface area contributed by atoms with Crippen molar-refractivity contribution in [2.24, 2.45) is 5.10 Å². The van der Waals surface area contributed by atoms with E-state index in [1.807, 2.05) is 59.4 Å². The zero-order valence-corrected chi connectivity index (χ0v) is 11.3. The van der Waals surface area contributed by atoms with Crippen molar-refractivity contribution < 1.29 is 9.53 Å². The quantitative estimate of drug-likeness (QED) is 0.499. The highest BCUT2D eigenvalue weighted by Crippen LogP contribution is 2.05. The summed E-state index contributed by atoms with van der Waals surface area (Å²) in [7, 11) is 0. The van der Waals surface area contributed by atoms with Gasteiger partial charge in [0.1, 0.15) is 0 Å². The van der Waals surface area contributed by atoms with Crippen LogP contribution in [-0.2, 0) is 16.1 Å². The smallest absolute Gasteiger partial charge is 0.356 e. The summed E-state index contributed by atoms with van der Waals surface area (Å²) >= 11 is 0. The van der Waals surface area contributed by atoms with Crippen LogP contribution in [-0.4, -0.2) is 22.9 Å². The van der Waals surface area contributed by atoms with E-state index in [-0.39, 0.29) is 0 Å². The summed E-state index contributed by atoms with van der Waals surface area (Å²) in [6.45, 7) is 2.47. The van der Waals surface area contributed by atoms with Gasteiger partial charge in [-0.1, -0.05) is 18.2 Å². The van der Waals surface area contributed by atoms with E-state index in [1.165, 1.54) is 0 Å². The second kappa shape index (κ2) is 7.13. The molecule has 5 heteroatoms. The molecule has 0 atom stereocenters. The minimum absolute atomic E-state index is 0.326. The molecule has 1 heterocycles. The molecule has 1 aromatic carbocycles. The van der Waals surface area contributed by atoms with Crippen LogP contribution in [0.15, 0.2) is 60.0 Å². The molecule has 0 spiro atoms. The Kier molecular flexibility index (Phi) is 4.94. The van der Waals surface area contributed by atoms with Gasteiger partial charge in [-0.3, -0.25) is 5.43 Å². The van der Waals surface area contributed by atoms with Crippen molar-refractivity contribution in [2.45, 2.75) is 13.5 Å². The van der Waals surface area contributed by atoms with Crippen LogP contribution >= 0.6 is 0 Å². The van der Waals surface area contributed by atoms with Gasteiger partial charge in [-0.15, -0.1) is 0 Å². The maximum Gasteiger partial charge on any atom is 0.356 e. The van der Waals surface area contributed by atoms with Crippen LogP contribution in [0.2, 0.25) is 0 Å². The molecule has 0 saturated carbocycles. The summed E-state index contributed by atoms with van der Waals surface area (Å²) in [6, 6.07) is 13.3. The third-order valence-corrected chi connectivity index (χ3v) is 2.60. The molecule has 2 rings (SSSR count). The molecular weight excluding hydrogens is 254 g/mol. The van der Waals surface area contributed by atoms with Crippen molar-refractivity contribution in [2.75, 3.05) is 12.0 Å². The van der Waals surface area contributed by atoms with Gasteiger partial charge in [-0.2, -0.15) is 5.10 Å². The first-order valence-corrected chi connectivity index (χ1v) is 6.45. The Balaban J connectivity index is 2.10. The number of aromatic nitrogens is 1. The number of nitrogens with one attached hydrogen (secondary N) is 1. The third-order valence-electron chi connectivity index (χ3n) is 2.60. The predicted molar refractivity (Wildman–Crippen MR) is 78.6 cm³/mol. The number of hydrazone groups is 1. The lowest BCUT2D eigenvalue weighted by atomic mass is 10.3. The van der Waals surface area contributed by atoms with Gasteiger partial charge in [0.2, 0.25) is 0 Å². The monoisotopic (exact) mass is 271 g/mol. The van der Waals surface area contributed by atoms with Crippen LogP contribution < -0.4 is 5.43 Å². The lowest BCUT2D eigenvalue weighted by Gasteiger charge is -2.08. The highest BCUT2D eigenvalue weighted by atomic mass is 16.5. The molecular formula is C15H17N3O2. The second-order valence-corrected chi connectivity index (χ2v) is 4.11. The molecule has 0 aliphatic rings. The van der Waals surface area contributed by atoms with E-state index < -0.39 is 5.97 Å². The standard InChI is InChI=1S/C15H17N3O2/c1-2-20-15(19)14(12-18-10-6-7-11-18)17-16-13-8-4-3-5-9-13/h3-11,16H,2,12H2,1H3/b17-14-. The Morgan fingerprint density at radius 2 is 1.90 bits per heavy atom. The third kappa shape index (κ3) is 3.98. The number of anilines is 1. The van der Waals surface area contributed by atoms with Gasteiger partial charge in [-0.05, 0) is 31.2 Å². The van der Waals surface area contributed by atoms with Gasteiger partial charge in [0.25, 0.3) is 0 Å². The zero-order valence-electron chi connectivity index (χ0n) is 11.3. The van der Waals surface area contributed by atoms with Crippen molar-refractivity contribution in [3.63, 3.8) is 0 Å². The molecule has 1 N–H and O–H groups in total. The van der Waals surface area contributed by atoms with E-state index in [2.05, 4.69) is 10.5 Å². The highest BCUT2D eigenvalue weighted by Gasteiger charge is 2.13. The van der Waals surface area contributed by atoms with E-state index in [9.17, 15) is 4.79 Å². The molecule has 5 nitrogen and oxygen atoms in total. The summed E-state index contributed by atoms with van der Waals surface area (Å²) in [4.78, 5) is 11.9. The fourth-order valence-corrected chi connectivity index (χ4v) is 1.65. The van der Waals surface area contributed by atoms with Crippen LogP contribution in [0.25, 0.3) is 0 Å². The first kappa shape index (κ1) is 13.9. The van der Waals surface area contributed by atoms with Crippen molar-refractivity contribution in [3.05, 3.63) is 54.9 Å². The van der Waals surface area contributed by atoms with Crippen molar-refractivity contribution in [1.29, 1.82) is 0 Å². The van der Waals surface area contributed by atoms with Crippen molar-refractivity contribution in [3.8, 4) is 0 Å². The van der Waals surface area contributed by atoms with Crippen molar-refractivity contribution in [1.82, 2.24) is 4.57 Å². The number of hydrogen-bond donors (Lipinski definition) is 1. The average Bonchev–Trinajstić information content (AvgIpc) is 2.97. The molecule has 0 unspecified atom stereocenters. The Bertz CT molecular complexity index is 562. The molecule has 0 amide bonds. The predicted octanol–water partition coefficient (Wildman–Crippen LogP) is 2.52. The Labute approximate surface area is 117 Å². The Hall–Kier alpha value is -2.56. The number of carbonyl (C=O) groups is 1. The first-order chi connectivity index (χ1) is 9.79. The number of ether oxygens (including phenoxy) is 1. The van der Waals surface area contributed by atoms with Gasteiger partial charge in [0.15, 0.2) is 5.71 Å². The summed E-state index contributed by atoms with van der Waals surface area (Å²) < 4.78 is 6.88. The van der Waals surface area contributed by atoms with Crippen LogP contribution in [0, 0.1) is 0 Å². The van der Waals surface area contributed by atoms with Gasteiger partial charge in [0.05, 0.1) is 18.8 Å². The van der Waals surface area contributed by atoms with Crippen LogP contribution in [0.1, 0.15) is 6.92 Å². The number of carbonyl (C=O) groups excluding carboxylic acids is 1. The summed E-state index contributed by atoms with van der Waals surface area (Å²) in [5, 5.41) is 4.16. The molecule has 104 valence electrons. The average molecular weight is 271 g/mol. The van der Waals surface area contributed by atoms with E-state index in [4.69, 9.17) is 4.74 Å². The molecule has 0 aliphatic heterocycles. The molecule has 0 radical (unpaired) electrons. The van der Waals surface area contributed by atoms with E-state index >= 15 is 0 Å². The van der Waals surface area contributed by atoms with Crippen LogP contribution in [0.5, 0.6) is 0 Å². The number of benzene rings is 1. The van der Waals surface area contributed by atoms with Gasteiger partial charge in [-0.25, -0.2) is 4.79 Å². The number of esters is 1. The van der Waals surface area contributed by atoms with Gasteiger partial charge < -0.3 is 9.30 Å². The van der Waals surface area contributed by atoms with Crippen LogP contribution in [0.4, 0.5) is 5.69 Å². The van der Waals surface area contributed by atoms with Gasteiger partial charge in [0, 0.05) is 12.4 Å². The fraction of sp³-hybridized carbons (Fsp3) is 0.200. The molecule has 2 aromatic rings. The maximum atomic E-state index is 11.9. The lowest BCUT2D eigenvalue weighted by Crippen LogP contribution is -2.23. The fourth-order valence-electron chi connectivity index (χ4n) is 1.65. The molecule has 0 bridgehead atoms. The van der Waals surface area contributed by atoms with E-state index in [0.717, 1.165) is 5.69 Å². The normalized spacial score (nSPS) is 11.2. The maximum absolute atomic E-state index is 11.9. The summed E-state index contributed by atoms with van der Waals surface area (Å²) in [5.41, 5.74) is 4.02. The topological polar surface area (TPSA) is 55.6 Å². The second-order valence-electron chi connectivity index (χ2n) is 4.11. The first-order valence-electron chi connectivity index (χ1n) is 6.45. The largest absolute Gasteiger partial charge is 0.461 e. The molecule has 20 heavy (non-hydrogen) atoms. The number of para-hydroxylation sites is 1. The minimum Gasteiger partial charge on any atom is -0.461 e.